The summed E-state index contributed by atoms with van der Waals surface area (Å²) in [4.78, 5) is 18.2. The largest absolute Gasteiger partial charge is 0.485 e. The highest BCUT2D eigenvalue weighted by atomic mass is 19.1. The quantitative estimate of drug-likeness (QED) is 0.371. The minimum Gasteiger partial charge on any atom is -0.485 e. The molecule has 5 rings (SSSR count). The maximum atomic E-state index is 14.0. The highest BCUT2D eigenvalue weighted by Gasteiger charge is 2.50. The molecule has 6 nitrogen and oxygen atoms in total. The van der Waals surface area contributed by atoms with E-state index in [2.05, 4.69) is 4.98 Å². The predicted octanol–water partition coefficient (Wildman–Crippen LogP) is 4.53. The Bertz CT molecular complexity index is 1400. The molecule has 0 bridgehead atoms. The number of fused-ring (bicyclic) bond motifs is 1. The number of nitrogens with zero attached hydrogens (tertiary/aromatic N) is 2. The molecule has 1 aliphatic carbocycles. The van der Waals surface area contributed by atoms with E-state index in [4.69, 9.17) is 4.74 Å². The van der Waals surface area contributed by atoms with E-state index < -0.39 is 29.3 Å². The lowest BCUT2D eigenvalue weighted by molar-refractivity contribution is 0.00611. The standard InChI is InChI=1S/C28H26F2N2O4/c1-17-25(23(34)15-28(13-12-22(33)26(28)35)18-7-3-2-4-8-18)32-14-6-11-24(27(32)31-17)36-16-19-20(29)9-5-10-21(19)30/h2-11,14,22,26,33,35H,12-13,15-16H2,1H3/t22-,26+,28-/m0/s1. The van der Waals surface area contributed by atoms with Crippen molar-refractivity contribution in [3.63, 3.8) is 0 Å². The number of hydrogen-bond acceptors (Lipinski definition) is 5. The van der Waals surface area contributed by atoms with E-state index in [0.29, 0.717) is 29.9 Å². The van der Waals surface area contributed by atoms with Crippen LogP contribution in [0.4, 0.5) is 8.78 Å². The van der Waals surface area contributed by atoms with Gasteiger partial charge in [-0.15, -0.1) is 0 Å². The van der Waals surface area contributed by atoms with Gasteiger partial charge in [0, 0.05) is 18.0 Å². The van der Waals surface area contributed by atoms with Crippen LogP contribution >= 0.6 is 0 Å². The van der Waals surface area contributed by atoms with E-state index in [1.165, 1.54) is 6.07 Å². The van der Waals surface area contributed by atoms with Crippen LogP contribution in [0, 0.1) is 18.6 Å². The smallest absolute Gasteiger partial charge is 0.182 e. The first-order chi connectivity index (χ1) is 17.3. The maximum Gasteiger partial charge on any atom is 0.182 e. The van der Waals surface area contributed by atoms with E-state index in [1.807, 2.05) is 30.3 Å². The Morgan fingerprint density at radius 3 is 2.47 bits per heavy atom. The Balaban J connectivity index is 1.48. The number of benzene rings is 2. The van der Waals surface area contributed by atoms with Crippen molar-refractivity contribution in [2.75, 3.05) is 0 Å². The molecule has 4 aromatic rings. The summed E-state index contributed by atoms with van der Waals surface area (Å²) in [7, 11) is 0. The number of aryl methyl sites for hydroxylation is 1. The molecular formula is C28H26F2N2O4. The van der Waals surface area contributed by atoms with Crippen molar-refractivity contribution in [3.8, 4) is 5.75 Å². The summed E-state index contributed by atoms with van der Waals surface area (Å²) in [5, 5.41) is 21.3. The zero-order chi connectivity index (χ0) is 25.4. The molecule has 0 unspecified atom stereocenters. The van der Waals surface area contributed by atoms with Crippen LogP contribution < -0.4 is 4.74 Å². The number of ether oxygens (including phenoxy) is 1. The third-order valence-corrected chi connectivity index (χ3v) is 7.13. The minimum atomic E-state index is -1.09. The molecule has 0 spiro atoms. The number of imidazole rings is 1. The molecule has 1 fully saturated rings. The van der Waals surface area contributed by atoms with E-state index in [0.717, 1.165) is 17.7 Å². The fraction of sp³-hybridized carbons (Fsp3) is 0.286. The Labute approximate surface area is 206 Å². The molecule has 36 heavy (non-hydrogen) atoms. The van der Waals surface area contributed by atoms with Crippen molar-refractivity contribution in [1.82, 2.24) is 9.38 Å². The van der Waals surface area contributed by atoms with Gasteiger partial charge in [-0.05, 0) is 49.6 Å². The van der Waals surface area contributed by atoms with Gasteiger partial charge in [0.15, 0.2) is 17.2 Å². The second kappa shape index (κ2) is 9.44. The summed E-state index contributed by atoms with van der Waals surface area (Å²) in [6.07, 6.45) is 0.505. The summed E-state index contributed by atoms with van der Waals surface area (Å²) in [5.41, 5.74) is 0.810. The molecule has 0 amide bonds. The van der Waals surface area contributed by atoms with E-state index in [-0.39, 0.29) is 30.1 Å². The molecule has 1 saturated carbocycles. The van der Waals surface area contributed by atoms with Gasteiger partial charge in [0.2, 0.25) is 0 Å². The topological polar surface area (TPSA) is 84.1 Å². The SMILES string of the molecule is Cc1nc2c(OCc3c(F)cccc3F)cccn2c1C(=O)C[C@]1(c2ccccc2)CC[C@H](O)[C@H]1O. The summed E-state index contributed by atoms with van der Waals surface area (Å²) in [5.74, 6) is -1.38. The number of carbonyl (C=O) groups is 1. The lowest BCUT2D eigenvalue weighted by Gasteiger charge is -2.33. The van der Waals surface area contributed by atoms with Crippen LogP contribution in [0.5, 0.6) is 5.75 Å². The van der Waals surface area contributed by atoms with Gasteiger partial charge in [0.05, 0.1) is 23.5 Å². The average molecular weight is 493 g/mol. The molecule has 2 heterocycles. The predicted molar refractivity (Wildman–Crippen MR) is 129 cm³/mol. The molecule has 8 heteroatoms. The molecule has 1 aliphatic rings. The number of carbonyl (C=O) groups excluding carboxylic acids is 1. The maximum absolute atomic E-state index is 14.0. The molecule has 0 aliphatic heterocycles. The van der Waals surface area contributed by atoms with Gasteiger partial charge in [-0.2, -0.15) is 0 Å². The number of aliphatic hydroxyl groups excluding tert-OH is 2. The van der Waals surface area contributed by atoms with E-state index >= 15 is 0 Å². The number of pyridine rings is 1. The highest BCUT2D eigenvalue weighted by molar-refractivity contribution is 5.97. The summed E-state index contributed by atoms with van der Waals surface area (Å²) >= 11 is 0. The van der Waals surface area contributed by atoms with Crippen LogP contribution in [0.3, 0.4) is 0 Å². The number of halogens is 2. The second-order valence-electron chi connectivity index (χ2n) is 9.27. The normalized spacial score (nSPS) is 21.7. The van der Waals surface area contributed by atoms with Gasteiger partial charge in [-0.25, -0.2) is 13.8 Å². The molecule has 186 valence electrons. The molecule has 0 radical (unpaired) electrons. The van der Waals surface area contributed by atoms with Crippen LogP contribution in [-0.4, -0.2) is 37.6 Å². The molecule has 2 aromatic heterocycles. The van der Waals surface area contributed by atoms with Crippen LogP contribution in [0.15, 0.2) is 66.9 Å². The van der Waals surface area contributed by atoms with Crippen LogP contribution in [0.2, 0.25) is 0 Å². The van der Waals surface area contributed by atoms with Crippen molar-refractivity contribution >= 4 is 11.4 Å². The summed E-state index contributed by atoms with van der Waals surface area (Å²) in [6.45, 7) is 1.37. The first-order valence-corrected chi connectivity index (χ1v) is 11.8. The Hall–Kier alpha value is -3.62. The summed E-state index contributed by atoms with van der Waals surface area (Å²) < 4.78 is 35.4. The molecule has 3 atom stereocenters. The zero-order valence-electron chi connectivity index (χ0n) is 19.7. The van der Waals surface area contributed by atoms with Gasteiger partial charge in [0.25, 0.3) is 0 Å². The van der Waals surface area contributed by atoms with E-state index in [1.54, 1.807) is 29.7 Å². The van der Waals surface area contributed by atoms with Gasteiger partial charge in [0.1, 0.15) is 23.9 Å². The lowest BCUT2D eigenvalue weighted by Crippen LogP contribution is -2.41. The lowest BCUT2D eigenvalue weighted by atomic mass is 9.72. The Morgan fingerprint density at radius 1 is 1.08 bits per heavy atom. The van der Waals surface area contributed by atoms with Crippen LogP contribution in [-0.2, 0) is 12.0 Å². The molecular weight excluding hydrogens is 466 g/mol. The zero-order valence-corrected chi connectivity index (χ0v) is 19.7. The number of aliphatic hydroxyl groups is 2. The Kier molecular flexibility index (Phi) is 6.32. The molecule has 0 saturated heterocycles. The number of aromatic nitrogens is 2. The first kappa shape index (κ1) is 24.1. The minimum absolute atomic E-state index is 0.0185. The van der Waals surface area contributed by atoms with Crippen molar-refractivity contribution in [3.05, 3.63) is 101 Å². The van der Waals surface area contributed by atoms with Gasteiger partial charge in [-0.1, -0.05) is 36.4 Å². The van der Waals surface area contributed by atoms with Crippen molar-refractivity contribution in [2.45, 2.75) is 50.4 Å². The molecule has 2 N–H and O–H groups in total. The van der Waals surface area contributed by atoms with Crippen LogP contribution in [0.1, 0.15) is 46.6 Å². The highest BCUT2D eigenvalue weighted by Crippen LogP contribution is 2.45. The number of Topliss-reactive ketones (excluding diaryl/α,β-unsaturated/α-hetero) is 1. The third kappa shape index (κ3) is 4.06. The van der Waals surface area contributed by atoms with Gasteiger partial charge in [-0.3, -0.25) is 9.20 Å². The first-order valence-electron chi connectivity index (χ1n) is 11.8. The van der Waals surface area contributed by atoms with Crippen molar-refractivity contribution < 1.29 is 28.5 Å². The van der Waals surface area contributed by atoms with Gasteiger partial charge >= 0.3 is 0 Å². The van der Waals surface area contributed by atoms with E-state index in [9.17, 15) is 23.8 Å². The number of hydrogen-bond donors (Lipinski definition) is 2. The van der Waals surface area contributed by atoms with Gasteiger partial charge < -0.3 is 14.9 Å². The number of ketones is 1. The summed E-state index contributed by atoms with van der Waals surface area (Å²) in [6, 6.07) is 16.2. The average Bonchev–Trinajstić information content (AvgIpc) is 3.36. The fourth-order valence-corrected chi connectivity index (χ4v) is 5.25. The Morgan fingerprint density at radius 2 is 1.81 bits per heavy atom. The van der Waals surface area contributed by atoms with Crippen molar-refractivity contribution in [2.24, 2.45) is 0 Å². The molecule has 2 aromatic carbocycles. The van der Waals surface area contributed by atoms with Crippen molar-refractivity contribution in [1.29, 1.82) is 0 Å². The number of rotatable bonds is 7. The monoisotopic (exact) mass is 492 g/mol. The van der Waals surface area contributed by atoms with Crippen LogP contribution in [0.25, 0.3) is 5.65 Å². The third-order valence-electron chi connectivity index (χ3n) is 7.13. The second-order valence-corrected chi connectivity index (χ2v) is 9.27. The fourth-order valence-electron chi connectivity index (χ4n) is 5.25.